The largest absolute Gasteiger partial charge is 0.381 e. The molecule has 0 rings (SSSR count). The van der Waals surface area contributed by atoms with Crippen LogP contribution in [0, 0.1) is 5.92 Å². The lowest BCUT2D eigenvalue weighted by Crippen LogP contribution is -2.03. The van der Waals surface area contributed by atoms with E-state index >= 15 is 0 Å². The van der Waals surface area contributed by atoms with E-state index in [1.807, 2.05) is 11.8 Å². The third kappa shape index (κ3) is 10.3. The van der Waals surface area contributed by atoms with E-state index in [0.29, 0.717) is 5.92 Å². The molecule has 0 saturated heterocycles. The molecule has 68 valence electrons. The Kier molecular flexibility index (Phi) is 8.64. The summed E-state index contributed by atoms with van der Waals surface area (Å²) in [5, 5.41) is 0. The van der Waals surface area contributed by atoms with Gasteiger partial charge in [-0.15, -0.1) is 0 Å². The first-order valence-corrected chi connectivity index (χ1v) is 5.58. The van der Waals surface area contributed by atoms with Gasteiger partial charge in [-0.3, -0.25) is 0 Å². The van der Waals surface area contributed by atoms with Gasteiger partial charge in [0.2, 0.25) is 0 Å². The third-order valence-corrected chi connectivity index (χ3v) is 2.22. The van der Waals surface area contributed by atoms with Crippen LogP contribution in [-0.2, 0) is 4.74 Å². The van der Waals surface area contributed by atoms with Crippen LogP contribution >= 0.6 is 11.8 Å². The van der Waals surface area contributed by atoms with Crippen LogP contribution in [0.25, 0.3) is 0 Å². The Labute approximate surface area is 74.9 Å². The fourth-order valence-electron chi connectivity index (χ4n) is 0.726. The summed E-state index contributed by atoms with van der Waals surface area (Å²) in [6.07, 6.45) is 1.20. The third-order valence-electron chi connectivity index (χ3n) is 1.23. The second kappa shape index (κ2) is 8.41. The van der Waals surface area contributed by atoms with Crippen LogP contribution < -0.4 is 0 Å². The maximum atomic E-state index is 5.43. The van der Waals surface area contributed by atoms with Crippen molar-refractivity contribution in [3.63, 3.8) is 0 Å². The van der Waals surface area contributed by atoms with Crippen LogP contribution in [0.3, 0.4) is 0 Å². The monoisotopic (exact) mass is 176 g/mol. The molecule has 0 heterocycles. The second-order valence-electron chi connectivity index (χ2n) is 3.02. The van der Waals surface area contributed by atoms with E-state index in [9.17, 15) is 0 Å². The Morgan fingerprint density at radius 1 is 1.36 bits per heavy atom. The molecule has 0 aromatic heterocycles. The molecule has 0 atom stereocenters. The molecule has 0 amide bonds. The Balaban J connectivity index is 2.80. The van der Waals surface area contributed by atoms with Crippen molar-refractivity contribution in [1.82, 2.24) is 0 Å². The summed E-state index contributed by atoms with van der Waals surface area (Å²) < 4.78 is 5.43. The van der Waals surface area contributed by atoms with Crippen molar-refractivity contribution >= 4 is 11.8 Å². The van der Waals surface area contributed by atoms with Crippen molar-refractivity contribution in [3.05, 3.63) is 0 Å². The van der Waals surface area contributed by atoms with E-state index in [0.717, 1.165) is 13.2 Å². The highest BCUT2D eigenvalue weighted by atomic mass is 32.2. The maximum Gasteiger partial charge on any atom is 0.0488 e. The fourth-order valence-corrected chi connectivity index (χ4v) is 1.34. The highest BCUT2D eigenvalue weighted by Gasteiger charge is 1.92. The average molecular weight is 176 g/mol. The standard InChI is InChI=1S/C9H20OS/c1-4-11-7-5-6-10-8-9(2)3/h9H,4-8H2,1-3H3. The van der Waals surface area contributed by atoms with Crippen LogP contribution in [0.5, 0.6) is 0 Å². The zero-order valence-corrected chi connectivity index (χ0v) is 8.75. The first-order chi connectivity index (χ1) is 5.27. The Bertz CT molecular complexity index is 74.0. The molecule has 0 saturated carbocycles. The summed E-state index contributed by atoms with van der Waals surface area (Å²) in [5.41, 5.74) is 0. The highest BCUT2D eigenvalue weighted by molar-refractivity contribution is 7.99. The highest BCUT2D eigenvalue weighted by Crippen LogP contribution is 2.01. The molecule has 2 heteroatoms. The van der Waals surface area contributed by atoms with Gasteiger partial charge in [0.1, 0.15) is 0 Å². The lowest BCUT2D eigenvalue weighted by molar-refractivity contribution is 0.111. The number of ether oxygens (including phenoxy) is 1. The summed E-state index contributed by atoms with van der Waals surface area (Å²) in [6.45, 7) is 8.41. The minimum Gasteiger partial charge on any atom is -0.381 e. The van der Waals surface area contributed by atoms with Crippen LogP contribution in [0.2, 0.25) is 0 Å². The molecule has 1 nitrogen and oxygen atoms in total. The van der Waals surface area contributed by atoms with Crippen molar-refractivity contribution in [2.45, 2.75) is 27.2 Å². The molecule has 0 unspecified atom stereocenters. The summed E-state index contributed by atoms with van der Waals surface area (Å²) >= 11 is 1.99. The number of thioether (sulfide) groups is 1. The Hall–Kier alpha value is 0.310. The molecule has 11 heavy (non-hydrogen) atoms. The first-order valence-electron chi connectivity index (χ1n) is 4.42. The van der Waals surface area contributed by atoms with Gasteiger partial charge in [0.15, 0.2) is 0 Å². The van der Waals surface area contributed by atoms with E-state index in [1.54, 1.807) is 0 Å². The Morgan fingerprint density at radius 3 is 2.64 bits per heavy atom. The van der Waals surface area contributed by atoms with E-state index in [4.69, 9.17) is 4.74 Å². The molecule has 0 bridgehead atoms. The molecule has 0 fully saturated rings. The summed E-state index contributed by atoms with van der Waals surface area (Å²) in [4.78, 5) is 0. The fraction of sp³-hybridized carbons (Fsp3) is 1.00. The van der Waals surface area contributed by atoms with Crippen LogP contribution in [-0.4, -0.2) is 24.7 Å². The van der Waals surface area contributed by atoms with E-state index in [-0.39, 0.29) is 0 Å². The number of hydrogen-bond acceptors (Lipinski definition) is 2. The molecule has 0 aliphatic rings. The minimum absolute atomic E-state index is 0.675. The van der Waals surface area contributed by atoms with E-state index < -0.39 is 0 Å². The molecule has 0 aromatic carbocycles. The van der Waals surface area contributed by atoms with Gasteiger partial charge in [0.25, 0.3) is 0 Å². The predicted octanol–water partition coefficient (Wildman–Crippen LogP) is 2.80. The minimum atomic E-state index is 0.675. The van der Waals surface area contributed by atoms with Crippen molar-refractivity contribution in [3.8, 4) is 0 Å². The molecule has 0 aliphatic carbocycles. The number of rotatable bonds is 7. The van der Waals surface area contributed by atoms with Gasteiger partial charge in [0, 0.05) is 13.2 Å². The molecule has 0 spiro atoms. The van der Waals surface area contributed by atoms with Crippen molar-refractivity contribution < 1.29 is 4.74 Å². The summed E-state index contributed by atoms with van der Waals surface area (Å²) in [6, 6.07) is 0. The smallest absolute Gasteiger partial charge is 0.0488 e. The van der Waals surface area contributed by atoms with Gasteiger partial charge in [0.05, 0.1) is 0 Å². The lowest BCUT2D eigenvalue weighted by atomic mass is 10.2. The van der Waals surface area contributed by atoms with E-state index in [1.165, 1.54) is 17.9 Å². The van der Waals surface area contributed by atoms with Crippen molar-refractivity contribution in [2.75, 3.05) is 24.7 Å². The lowest BCUT2D eigenvalue weighted by Gasteiger charge is -2.05. The topological polar surface area (TPSA) is 9.23 Å². The van der Waals surface area contributed by atoms with E-state index in [2.05, 4.69) is 20.8 Å². The van der Waals surface area contributed by atoms with Gasteiger partial charge < -0.3 is 4.74 Å². The van der Waals surface area contributed by atoms with Crippen LogP contribution in [0.15, 0.2) is 0 Å². The first kappa shape index (κ1) is 11.3. The van der Waals surface area contributed by atoms with Gasteiger partial charge in [-0.1, -0.05) is 20.8 Å². The molecule has 0 radical (unpaired) electrons. The molecular formula is C9H20OS. The predicted molar refractivity (Wildman–Crippen MR) is 53.3 cm³/mol. The zero-order chi connectivity index (χ0) is 8.53. The van der Waals surface area contributed by atoms with Gasteiger partial charge in [-0.25, -0.2) is 0 Å². The summed E-state index contributed by atoms with van der Waals surface area (Å²) in [5.74, 6) is 3.15. The summed E-state index contributed by atoms with van der Waals surface area (Å²) in [7, 11) is 0. The average Bonchev–Trinajstić information content (AvgIpc) is 1.96. The zero-order valence-electron chi connectivity index (χ0n) is 7.93. The number of hydrogen-bond donors (Lipinski definition) is 0. The van der Waals surface area contributed by atoms with Crippen molar-refractivity contribution in [1.29, 1.82) is 0 Å². The quantitative estimate of drug-likeness (QED) is 0.552. The maximum absolute atomic E-state index is 5.43. The Morgan fingerprint density at radius 2 is 2.09 bits per heavy atom. The van der Waals surface area contributed by atoms with Crippen LogP contribution in [0.1, 0.15) is 27.2 Å². The SMILES string of the molecule is CCSCCCOCC(C)C. The van der Waals surface area contributed by atoms with Crippen LogP contribution in [0.4, 0.5) is 0 Å². The molecule has 0 N–H and O–H groups in total. The van der Waals surface area contributed by atoms with Gasteiger partial charge in [-0.2, -0.15) is 11.8 Å². The second-order valence-corrected chi connectivity index (χ2v) is 4.41. The molecule has 0 aliphatic heterocycles. The van der Waals surface area contributed by atoms with Gasteiger partial charge >= 0.3 is 0 Å². The van der Waals surface area contributed by atoms with Gasteiger partial charge in [-0.05, 0) is 23.8 Å². The molecular weight excluding hydrogens is 156 g/mol. The molecule has 0 aromatic rings. The normalized spacial score (nSPS) is 10.9. The van der Waals surface area contributed by atoms with Crippen molar-refractivity contribution in [2.24, 2.45) is 5.92 Å².